The summed E-state index contributed by atoms with van der Waals surface area (Å²) in [5.74, 6) is -0.388. The third-order valence-corrected chi connectivity index (χ3v) is 5.20. The number of carbonyl (C=O) groups is 2. The molecule has 0 unspecified atom stereocenters. The van der Waals surface area contributed by atoms with Gasteiger partial charge in [0.05, 0.1) is 5.69 Å². The second kappa shape index (κ2) is 7.26. The number of benzene rings is 1. The van der Waals surface area contributed by atoms with Crippen LogP contribution in [0.3, 0.4) is 0 Å². The van der Waals surface area contributed by atoms with Crippen LogP contribution in [0, 0.1) is 6.92 Å². The zero-order valence-corrected chi connectivity index (χ0v) is 17.2. The Morgan fingerprint density at radius 2 is 1.96 bits per heavy atom. The molecule has 0 saturated heterocycles. The van der Waals surface area contributed by atoms with Crippen LogP contribution in [-0.2, 0) is 14.9 Å². The average molecular weight is 382 g/mol. The second-order valence-electron chi connectivity index (χ2n) is 7.94. The molecule has 1 aliphatic rings. The maximum Gasteiger partial charge on any atom is 0.344 e. The summed E-state index contributed by atoms with van der Waals surface area (Å²) in [5.41, 5.74) is 3.58. The molecule has 3 rings (SSSR count). The Labute approximate surface area is 165 Å². The maximum absolute atomic E-state index is 12.5. The van der Waals surface area contributed by atoms with Crippen LogP contribution in [0.15, 0.2) is 40.6 Å². The van der Waals surface area contributed by atoms with Gasteiger partial charge in [0, 0.05) is 35.8 Å². The van der Waals surface area contributed by atoms with Gasteiger partial charge < -0.3 is 14.2 Å². The standard InChI is InChI=1S/C22H26N2O4/c1-13(2)20-19(14(3)23-28-20)21(26)27-12-15(25)11-18-22(4,5)16-9-7-8-10-17(16)24(18)6/h7-11,13H,12H2,1-6H3/b18-11+. The monoisotopic (exact) mass is 382 g/mol. The third kappa shape index (κ3) is 3.35. The lowest BCUT2D eigenvalue weighted by molar-refractivity contribution is -0.117. The molecule has 0 bridgehead atoms. The van der Waals surface area contributed by atoms with Gasteiger partial charge in [-0.15, -0.1) is 0 Å². The number of allylic oxidation sites excluding steroid dienone is 1. The first-order valence-corrected chi connectivity index (χ1v) is 9.36. The highest BCUT2D eigenvalue weighted by Crippen LogP contribution is 2.46. The molecule has 0 spiro atoms. The van der Waals surface area contributed by atoms with Crippen molar-refractivity contribution in [1.82, 2.24) is 5.16 Å². The molecular formula is C22H26N2O4. The lowest BCUT2D eigenvalue weighted by Crippen LogP contribution is -2.25. The number of carbonyl (C=O) groups excluding carboxylic acids is 2. The van der Waals surface area contributed by atoms with Crippen molar-refractivity contribution in [1.29, 1.82) is 0 Å². The van der Waals surface area contributed by atoms with Gasteiger partial charge in [-0.25, -0.2) is 4.79 Å². The Morgan fingerprint density at radius 3 is 2.61 bits per heavy atom. The van der Waals surface area contributed by atoms with E-state index in [0.717, 1.165) is 16.9 Å². The predicted octanol–water partition coefficient (Wildman–Crippen LogP) is 4.14. The largest absolute Gasteiger partial charge is 0.454 e. The van der Waals surface area contributed by atoms with Gasteiger partial charge in [-0.3, -0.25) is 4.79 Å². The van der Waals surface area contributed by atoms with Crippen molar-refractivity contribution in [2.45, 2.75) is 46.0 Å². The highest BCUT2D eigenvalue weighted by atomic mass is 16.5. The van der Waals surface area contributed by atoms with Crippen molar-refractivity contribution in [3.05, 3.63) is 58.6 Å². The van der Waals surface area contributed by atoms with Crippen LogP contribution in [0.1, 0.15) is 61.0 Å². The number of esters is 1. The fourth-order valence-corrected chi connectivity index (χ4v) is 3.69. The molecule has 2 heterocycles. The van der Waals surface area contributed by atoms with Crippen molar-refractivity contribution in [2.24, 2.45) is 0 Å². The number of hydrogen-bond acceptors (Lipinski definition) is 6. The number of aromatic nitrogens is 1. The molecular weight excluding hydrogens is 356 g/mol. The molecule has 0 atom stereocenters. The van der Waals surface area contributed by atoms with E-state index in [4.69, 9.17) is 9.26 Å². The lowest BCUT2D eigenvalue weighted by atomic mass is 9.83. The predicted molar refractivity (Wildman–Crippen MR) is 107 cm³/mol. The Hall–Kier alpha value is -2.89. The molecule has 1 aromatic heterocycles. The van der Waals surface area contributed by atoms with Crippen molar-refractivity contribution < 1.29 is 18.8 Å². The lowest BCUT2D eigenvalue weighted by Gasteiger charge is -2.23. The number of para-hydroxylation sites is 1. The summed E-state index contributed by atoms with van der Waals surface area (Å²) in [7, 11) is 1.94. The summed E-state index contributed by atoms with van der Waals surface area (Å²) in [6.07, 6.45) is 1.57. The summed E-state index contributed by atoms with van der Waals surface area (Å²) < 4.78 is 10.5. The first kappa shape index (κ1) is 19.9. The van der Waals surface area contributed by atoms with E-state index in [1.807, 2.05) is 44.0 Å². The summed E-state index contributed by atoms with van der Waals surface area (Å²) in [6.45, 7) is 9.32. The fraction of sp³-hybridized carbons (Fsp3) is 0.409. The average Bonchev–Trinajstić information content (AvgIpc) is 3.12. The molecule has 0 aliphatic carbocycles. The van der Waals surface area contributed by atoms with Crippen molar-refractivity contribution >= 4 is 17.4 Å². The highest BCUT2D eigenvalue weighted by Gasteiger charge is 2.38. The molecule has 1 aliphatic heterocycles. The zero-order chi connectivity index (χ0) is 20.6. The number of aryl methyl sites for hydroxylation is 1. The number of fused-ring (bicyclic) bond motifs is 1. The smallest absolute Gasteiger partial charge is 0.344 e. The minimum atomic E-state index is -0.587. The quantitative estimate of drug-likeness (QED) is 0.571. The molecule has 148 valence electrons. The molecule has 6 heteroatoms. The summed E-state index contributed by atoms with van der Waals surface area (Å²) in [5, 5.41) is 3.84. The second-order valence-corrected chi connectivity index (χ2v) is 7.94. The van der Waals surface area contributed by atoms with Gasteiger partial charge in [0.1, 0.15) is 5.56 Å². The number of anilines is 1. The van der Waals surface area contributed by atoms with Gasteiger partial charge in [-0.05, 0) is 18.6 Å². The number of ketones is 1. The highest BCUT2D eigenvalue weighted by molar-refractivity contribution is 5.97. The van der Waals surface area contributed by atoms with E-state index in [1.165, 1.54) is 0 Å². The van der Waals surface area contributed by atoms with Gasteiger partial charge in [0.2, 0.25) is 0 Å². The van der Waals surface area contributed by atoms with Crippen LogP contribution in [0.2, 0.25) is 0 Å². The van der Waals surface area contributed by atoms with Gasteiger partial charge >= 0.3 is 5.97 Å². The number of hydrogen-bond donors (Lipinski definition) is 0. The van der Waals surface area contributed by atoms with Crippen molar-refractivity contribution in [3.63, 3.8) is 0 Å². The van der Waals surface area contributed by atoms with Gasteiger partial charge in [-0.2, -0.15) is 0 Å². The van der Waals surface area contributed by atoms with E-state index in [1.54, 1.807) is 13.0 Å². The first-order chi connectivity index (χ1) is 13.1. The van der Waals surface area contributed by atoms with E-state index >= 15 is 0 Å². The Morgan fingerprint density at radius 1 is 1.29 bits per heavy atom. The van der Waals surface area contributed by atoms with Crippen LogP contribution in [0.25, 0.3) is 0 Å². The van der Waals surface area contributed by atoms with Gasteiger partial charge in [0.15, 0.2) is 18.2 Å². The SMILES string of the molecule is Cc1noc(C(C)C)c1C(=O)OCC(=O)/C=C1/N(C)c2ccccc2C1(C)C. The summed E-state index contributed by atoms with van der Waals surface area (Å²) >= 11 is 0. The third-order valence-electron chi connectivity index (χ3n) is 5.20. The Bertz CT molecular complexity index is 953. The van der Waals surface area contributed by atoms with Crippen LogP contribution < -0.4 is 4.90 Å². The van der Waals surface area contributed by atoms with Crippen LogP contribution in [-0.4, -0.2) is 30.6 Å². The molecule has 0 radical (unpaired) electrons. The van der Waals surface area contributed by atoms with E-state index in [9.17, 15) is 9.59 Å². The zero-order valence-electron chi connectivity index (χ0n) is 17.2. The number of ether oxygens (including phenoxy) is 1. The molecule has 2 aromatic rings. The van der Waals surface area contributed by atoms with Crippen LogP contribution >= 0.6 is 0 Å². The Kier molecular flexibility index (Phi) is 5.15. The summed E-state index contributed by atoms with van der Waals surface area (Å²) in [6, 6.07) is 8.07. The minimum Gasteiger partial charge on any atom is -0.454 e. The van der Waals surface area contributed by atoms with Gasteiger partial charge in [-0.1, -0.05) is 51.1 Å². The Balaban J connectivity index is 1.75. The number of rotatable bonds is 5. The molecule has 28 heavy (non-hydrogen) atoms. The number of likely N-dealkylation sites (N-methyl/N-ethyl adjacent to an activating group) is 1. The molecule has 0 fully saturated rings. The number of nitrogens with zero attached hydrogens (tertiary/aromatic N) is 2. The van der Waals surface area contributed by atoms with E-state index in [-0.39, 0.29) is 23.7 Å². The molecule has 0 saturated carbocycles. The van der Waals surface area contributed by atoms with E-state index in [0.29, 0.717) is 17.0 Å². The molecule has 6 nitrogen and oxygen atoms in total. The van der Waals surface area contributed by atoms with Crippen LogP contribution in [0.4, 0.5) is 5.69 Å². The van der Waals surface area contributed by atoms with Crippen LogP contribution in [0.5, 0.6) is 0 Å². The van der Waals surface area contributed by atoms with Crippen molar-refractivity contribution in [3.8, 4) is 0 Å². The van der Waals surface area contributed by atoms with E-state index < -0.39 is 5.97 Å². The van der Waals surface area contributed by atoms with E-state index in [2.05, 4.69) is 25.1 Å². The van der Waals surface area contributed by atoms with Crippen molar-refractivity contribution in [2.75, 3.05) is 18.6 Å². The molecule has 0 amide bonds. The molecule has 0 N–H and O–H groups in total. The normalized spacial score (nSPS) is 16.5. The minimum absolute atomic E-state index is 0.00647. The summed E-state index contributed by atoms with van der Waals surface area (Å²) in [4.78, 5) is 27.0. The van der Waals surface area contributed by atoms with Gasteiger partial charge in [0.25, 0.3) is 0 Å². The topological polar surface area (TPSA) is 72.6 Å². The fourth-order valence-electron chi connectivity index (χ4n) is 3.69. The molecule has 1 aromatic carbocycles. The first-order valence-electron chi connectivity index (χ1n) is 9.36. The maximum atomic E-state index is 12.5.